The third-order valence-corrected chi connectivity index (χ3v) is 4.07. The Bertz CT molecular complexity index is 783. The Kier molecular flexibility index (Phi) is 4.24. The lowest BCUT2D eigenvalue weighted by molar-refractivity contribution is -0.385. The van der Waals surface area contributed by atoms with Crippen LogP contribution in [-0.2, 0) is 4.74 Å². The molecule has 2 aromatic rings. The van der Waals surface area contributed by atoms with Gasteiger partial charge in [-0.25, -0.2) is 4.98 Å². The van der Waals surface area contributed by atoms with Gasteiger partial charge in [-0.15, -0.1) is 0 Å². The number of nitrogens with zero attached hydrogens (tertiary/aromatic N) is 3. The van der Waals surface area contributed by atoms with Crippen molar-refractivity contribution in [1.82, 2.24) is 9.38 Å². The van der Waals surface area contributed by atoms with Crippen LogP contribution in [0.3, 0.4) is 0 Å². The maximum atomic E-state index is 12.4. The van der Waals surface area contributed by atoms with E-state index in [4.69, 9.17) is 4.74 Å². The Morgan fingerprint density at radius 3 is 3.04 bits per heavy atom. The highest BCUT2D eigenvalue weighted by Crippen LogP contribution is 2.24. The first kappa shape index (κ1) is 15.4. The maximum absolute atomic E-state index is 12.4. The van der Waals surface area contributed by atoms with Crippen LogP contribution >= 0.6 is 0 Å². The second-order valence-electron chi connectivity index (χ2n) is 5.51. The first-order chi connectivity index (χ1) is 11.1. The standard InChI is InChI=1S/C15H18N4O4/c1-2-10(11-6-5-9-23-11)16-14-13(19(21)22)15(20)18-8-4-3-7-12(18)17-14/h3-4,7-8,10-11,16H,2,5-6,9H2,1H3. The molecule has 1 aliphatic heterocycles. The highest BCUT2D eigenvalue weighted by molar-refractivity contribution is 5.60. The number of pyridine rings is 1. The lowest BCUT2D eigenvalue weighted by Crippen LogP contribution is -2.34. The molecule has 3 heterocycles. The first-order valence-corrected chi connectivity index (χ1v) is 7.65. The van der Waals surface area contributed by atoms with Crippen molar-refractivity contribution in [1.29, 1.82) is 0 Å². The zero-order valence-corrected chi connectivity index (χ0v) is 12.8. The summed E-state index contributed by atoms with van der Waals surface area (Å²) in [6, 6.07) is 4.89. The van der Waals surface area contributed by atoms with Gasteiger partial charge in [0.15, 0.2) is 0 Å². The van der Waals surface area contributed by atoms with E-state index in [-0.39, 0.29) is 18.0 Å². The normalized spacial score (nSPS) is 18.9. The van der Waals surface area contributed by atoms with Gasteiger partial charge in [-0.3, -0.25) is 19.3 Å². The topological polar surface area (TPSA) is 98.8 Å². The molecule has 8 nitrogen and oxygen atoms in total. The minimum atomic E-state index is -0.690. The molecule has 1 aliphatic rings. The van der Waals surface area contributed by atoms with E-state index in [0.717, 1.165) is 19.3 Å². The van der Waals surface area contributed by atoms with Crippen molar-refractivity contribution >= 4 is 17.2 Å². The molecule has 0 aromatic carbocycles. The summed E-state index contributed by atoms with van der Waals surface area (Å²) in [5.74, 6) is 0.00792. The van der Waals surface area contributed by atoms with Crippen molar-refractivity contribution in [3.8, 4) is 0 Å². The highest BCUT2D eigenvalue weighted by atomic mass is 16.6. The second-order valence-corrected chi connectivity index (χ2v) is 5.51. The van der Waals surface area contributed by atoms with Crippen LogP contribution in [0.4, 0.5) is 11.5 Å². The number of hydrogen-bond acceptors (Lipinski definition) is 6. The van der Waals surface area contributed by atoms with Crippen LogP contribution in [0.5, 0.6) is 0 Å². The number of ether oxygens (including phenoxy) is 1. The molecule has 122 valence electrons. The highest BCUT2D eigenvalue weighted by Gasteiger charge is 2.29. The van der Waals surface area contributed by atoms with Crippen LogP contribution < -0.4 is 10.9 Å². The summed E-state index contributed by atoms with van der Waals surface area (Å²) in [6.45, 7) is 2.66. The van der Waals surface area contributed by atoms with E-state index >= 15 is 0 Å². The average molecular weight is 318 g/mol. The lowest BCUT2D eigenvalue weighted by atomic mass is 10.1. The Morgan fingerprint density at radius 1 is 1.57 bits per heavy atom. The summed E-state index contributed by atoms with van der Waals surface area (Å²) >= 11 is 0. The Labute approximate surface area is 132 Å². The van der Waals surface area contributed by atoms with Gasteiger partial charge in [0, 0.05) is 12.8 Å². The molecule has 1 fully saturated rings. The van der Waals surface area contributed by atoms with Gasteiger partial charge in [0.1, 0.15) is 5.65 Å². The summed E-state index contributed by atoms with van der Waals surface area (Å²) in [5.41, 5.74) is -0.858. The molecule has 2 unspecified atom stereocenters. The van der Waals surface area contributed by atoms with Gasteiger partial charge in [0.05, 0.1) is 17.1 Å². The van der Waals surface area contributed by atoms with Gasteiger partial charge in [-0.2, -0.15) is 0 Å². The van der Waals surface area contributed by atoms with Crippen molar-refractivity contribution in [3.63, 3.8) is 0 Å². The summed E-state index contributed by atoms with van der Waals surface area (Å²) in [6.07, 6.45) is 4.04. The zero-order chi connectivity index (χ0) is 16.4. The Balaban J connectivity index is 2.06. The molecule has 1 N–H and O–H groups in total. The van der Waals surface area contributed by atoms with Gasteiger partial charge >= 0.3 is 11.2 Å². The van der Waals surface area contributed by atoms with Crippen LogP contribution in [0, 0.1) is 10.1 Å². The molecular weight excluding hydrogens is 300 g/mol. The van der Waals surface area contributed by atoms with Crippen molar-refractivity contribution < 1.29 is 9.66 Å². The molecule has 23 heavy (non-hydrogen) atoms. The van der Waals surface area contributed by atoms with E-state index in [1.165, 1.54) is 10.6 Å². The minimum absolute atomic E-state index is 0.00792. The quantitative estimate of drug-likeness (QED) is 0.668. The molecule has 0 radical (unpaired) electrons. The average Bonchev–Trinajstić information content (AvgIpc) is 3.06. The predicted octanol–water partition coefficient (Wildman–Crippen LogP) is 1.97. The molecule has 0 spiro atoms. The molecule has 0 aliphatic carbocycles. The van der Waals surface area contributed by atoms with E-state index in [2.05, 4.69) is 10.3 Å². The van der Waals surface area contributed by atoms with E-state index in [0.29, 0.717) is 12.3 Å². The van der Waals surface area contributed by atoms with Crippen molar-refractivity contribution in [2.75, 3.05) is 11.9 Å². The van der Waals surface area contributed by atoms with Gasteiger partial charge in [-0.05, 0) is 31.4 Å². The zero-order valence-electron chi connectivity index (χ0n) is 12.8. The molecule has 2 atom stereocenters. The SMILES string of the molecule is CCC(Nc1nc2ccccn2c(=O)c1[N+](=O)[O-])C1CCCO1. The van der Waals surface area contributed by atoms with Crippen LogP contribution in [-0.4, -0.2) is 33.1 Å². The third kappa shape index (κ3) is 2.89. The molecule has 0 saturated carbocycles. The number of rotatable bonds is 5. The third-order valence-electron chi connectivity index (χ3n) is 4.07. The van der Waals surface area contributed by atoms with Gasteiger partial charge in [0.2, 0.25) is 5.82 Å². The van der Waals surface area contributed by atoms with Gasteiger partial charge in [-0.1, -0.05) is 13.0 Å². The molecule has 2 aromatic heterocycles. The fourth-order valence-corrected chi connectivity index (χ4v) is 2.90. The summed E-state index contributed by atoms with van der Waals surface area (Å²) in [4.78, 5) is 27.3. The second kappa shape index (κ2) is 6.33. The largest absolute Gasteiger partial charge is 0.376 e. The van der Waals surface area contributed by atoms with E-state index < -0.39 is 16.2 Å². The smallest absolute Gasteiger partial charge is 0.376 e. The van der Waals surface area contributed by atoms with Crippen LogP contribution in [0.25, 0.3) is 5.65 Å². The van der Waals surface area contributed by atoms with E-state index in [1.807, 2.05) is 6.92 Å². The number of hydrogen-bond donors (Lipinski definition) is 1. The number of nitro groups is 1. The number of anilines is 1. The number of fused-ring (bicyclic) bond motifs is 1. The summed E-state index contributed by atoms with van der Waals surface area (Å²) < 4.78 is 6.83. The molecular formula is C15H18N4O4. The number of aromatic nitrogens is 2. The molecule has 3 rings (SSSR count). The molecule has 0 amide bonds. The Morgan fingerprint density at radius 2 is 2.39 bits per heavy atom. The Hall–Kier alpha value is -2.48. The lowest BCUT2D eigenvalue weighted by Gasteiger charge is -2.23. The molecule has 0 bridgehead atoms. The minimum Gasteiger partial charge on any atom is -0.376 e. The van der Waals surface area contributed by atoms with Crippen molar-refractivity contribution in [2.24, 2.45) is 0 Å². The van der Waals surface area contributed by atoms with Crippen molar-refractivity contribution in [2.45, 2.75) is 38.3 Å². The molecule has 8 heteroatoms. The fraction of sp³-hybridized carbons (Fsp3) is 0.467. The fourth-order valence-electron chi connectivity index (χ4n) is 2.90. The van der Waals surface area contributed by atoms with Gasteiger partial charge < -0.3 is 10.1 Å². The molecule has 1 saturated heterocycles. The van der Waals surface area contributed by atoms with E-state index in [1.54, 1.807) is 18.2 Å². The number of nitrogens with one attached hydrogen (secondary N) is 1. The van der Waals surface area contributed by atoms with E-state index in [9.17, 15) is 14.9 Å². The maximum Gasteiger partial charge on any atom is 0.376 e. The summed E-state index contributed by atoms with van der Waals surface area (Å²) in [5, 5.41) is 14.4. The predicted molar refractivity (Wildman–Crippen MR) is 84.8 cm³/mol. The van der Waals surface area contributed by atoms with Crippen LogP contribution in [0.2, 0.25) is 0 Å². The van der Waals surface area contributed by atoms with Crippen LogP contribution in [0.1, 0.15) is 26.2 Å². The monoisotopic (exact) mass is 318 g/mol. The van der Waals surface area contributed by atoms with Crippen molar-refractivity contribution in [3.05, 3.63) is 44.9 Å². The van der Waals surface area contributed by atoms with Crippen LogP contribution in [0.15, 0.2) is 29.2 Å². The summed E-state index contributed by atoms with van der Waals surface area (Å²) in [7, 11) is 0. The van der Waals surface area contributed by atoms with Gasteiger partial charge in [0.25, 0.3) is 0 Å². The first-order valence-electron chi connectivity index (χ1n) is 7.65.